The van der Waals surface area contributed by atoms with E-state index < -0.39 is 0 Å². The minimum Gasteiger partial charge on any atom is -0.373 e. The van der Waals surface area contributed by atoms with Gasteiger partial charge in [0.25, 0.3) is 0 Å². The van der Waals surface area contributed by atoms with Gasteiger partial charge in [0.05, 0.1) is 12.7 Å². The number of methoxy groups -OCH3 is 2. The van der Waals surface area contributed by atoms with E-state index in [1.807, 2.05) is 0 Å². The highest BCUT2D eigenvalue weighted by molar-refractivity contribution is 5.27. The van der Waals surface area contributed by atoms with Crippen LogP contribution in [0.15, 0.2) is 11.6 Å². The molecular weight excluding hydrogens is 432 g/mol. The lowest BCUT2D eigenvalue weighted by atomic mass is 9.42. The van der Waals surface area contributed by atoms with Crippen molar-refractivity contribution in [2.24, 2.45) is 45.8 Å². The Morgan fingerprint density at radius 3 is 2.29 bits per heavy atom. The van der Waals surface area contributed by atoms with E-state index in [4.69, 9.17) is 14.2 Å². The summed E-state index contributed by atoms with van der Waals surface area (Å²) in [5, 5.41) is 0. The molecule has 0 bridgehead atoms. The van der Waals surface area contributed by atoms with Crippen molar-refractivity contribution in [3.63, 3.8) is 0 Å². The van der Waals surface area contributed by atoms with Gasteiger partial charge in [0.15, 0.2) is 6.29 Å². The average Bonchev–Trinajstić information content (AvgIpc) is 3.10. The van der Waals surface area contributed by atoms with E-state index in [2.05, 4.69) is 47.6 Å². The maximum atomic E-state index is 6.26. The zero-order chi connectivity index (χ0) is 25.4. The lowest BCUT2D eigenvalue weighted by molar-refractivity contribution is -0.158. The predicted octanol–water partition coefficient (Wildman–Crippen LogP) is 8.42. The van der Waals surface area contributed by atoms with E-state index in [0.717, 1.165) is 36.0 Å². The largest absolute Gasteiger partial charge is 0.373 e. The Morgan fingerprint density at radius 1 is 0.886 bits per heavy atom. The molecule has 0 saturated heterocycles. The Balaban J connectivity index is 1.46. The molecule has 0 heterocycles. The monoisotopic (exact) mass is 488 g/mol. The van der Waals surface area contributed by atoms with Crippen LogP contribution < -0.4 is 0 Å². The van der Waals surface area contributed by atoms with Crippen LogP contribution in [0.5, 0.6) is 0 Å². The van der Waals surface area contributed by atoms with Crippen molar-refractivity contribution in [3.8, 4) is 0 Å². The Kier molecular flexibility index (Phi) is 8.51. The Labute approximate surface area is 217 Å². The van der Waals surface area contributed by atoms with Crippen LogP contribution in [-0.2, 0) is 14.2 Å². The minimum atomic E-state index is -0.257. The predicted molar refractivity (Wildman–Crippen MR) is 145 cm³/mol. The van der Waals surface area contributed by atoms with Crippen molar-refractivity contribution >= 4 is 0 Å². The molecule has 202 valence electrons. The molecule has 1 unspecified atom stereocenters. The summed E-state index contributed by atoms with van der Waals surface area (Å²) in [6.07, 6.45) is 17.6. The molecule has 3 saturated carbocycles. The summed E-state index contributed by atoms with van der Waals surface area (Å²) in [4.78, 5) is 0. The van der Waals surface area contributed by atoms with Crippen LogP contribution in [0, 0.1) is 45.8 Å². The summed E-state index contributed by atoms with van der Waals surface area (Å²) in [6, 6.07) is 0. The molecular formula is C32H56O3. The van der Waals surface area contributed by atoms with Crippen LogP contribution in [0.2, 0.25) is 0 Å². The first-order valence-electron chi connectivity index (χ1n) is 15.0. The summed E-state index contributed by atoms with van der Waals surface area (Å²) < 4.78 is 16.9. The Morgan fingerprint density at radius 2 is 1.60 bits per heavy atom. The van der Waals surface area contributed by atoms with Gasteiger partial charge in [-0.25, -0.2) is 0 Å². The molecule has 3 nitrogen and oxygen atoms in total. The van der Waals surface area contributed by atoms with Gasteiger partial charge in [-0.15, -0.1) is 0 Å². The van der Waals surface area contributed by atoms with Crippen molar-refractivity contribution < 1.29 is 14.2 Å². The second-order valence-corrected chi connectivity index (χ2v) is 14.0. The van der Waals surface area contributed by atoms with E-state index in [9.17, 15) is 0 Å². The van der Waals surface area contributed by atoms with Crippen LogP contribution >= 0.6 is 0 Å². The molecule has 0 aromatic heterocycles. The fourth-order valence-electron chi connectivity index (χ4n) is 9.61. The molecule has 0 radical (unpaired) electrons. The van der Waals surface area contributed by atoms with Crippen molar-refractivity contribution in [3.05, 3.63) is 11.6 Å². The molecule has 35 heavy (non-hydrogen) atoms. The third-order valence-corrected chi connectivity index (χ3v) is 12.1. The van der Waals surface area contributed by atoms with E-state index >= 15 is 0 Å². The zero-order valence-corrected chi connectivity index (χ0v) is 24.3. The molecule has 0 spiro atoms. The van der Waals surface area contributed by atoms with Crippen molar-refractivity contribution in [2.75, 3.05) is 20.8 Å². The number of ether oxygens (including phenoxy) is 3. The number of hydrogen-bond acceptors (Lipinski definition) is 3. The van der Waals surface area contributed by atoms with Crippen LogP contribution in [-0.4, -0.2) is 33.2 Å². The minimum absolute atomic E-state index is 0.257. The lowest BCUT2D eigenvalue weighted by Gasteiger charge is -2.63. The zero-order valence-electron chi connectivity index (χ0n) is 24.3. The lowest BCUT2D eigenvalue weighted by Crippen LogP contribution is -2.55. The summed E-state index contributed by atoms with van der Waals surface area (Å²) in [5.41, 5.74) is 3.08. The summed E-state index contributed by atoms with van der Waals surface area (Å²) in [7, 11) is 3.38. The highest BCUT2D eigenvalue weighted by Crippen LogP contribution is 2.72. The van der Waals surface area contributed by atoms with Crippen molar-refractivity contribution in [1.82, 2.24) is 0 Å². The van der Waals surface area contributed by atoms with Gasteiger partial charge in [-0.1, -0.05) is 72.5 Å². The third kappa shape index (κ3) is 4.92. The molecule has 0 N–H and O–H groups in total. The van der Waals surface area contributed by atoms with Crippen LogP contribution in [0.1, 0.15) is 112 Å². The Bertz CT molecular complexity index is 741. The van der Waals surface area contributed by atoms with Gasteiger partial charge >= 0.3 is 0 Å². The topological polar surface area (TPSA) is 27.7 Å². The SMILES string of the molecule is COC(CO[C@H]1CC[C@@]2(C)C(=CC[C@@H]3[C@@H]2CC[C@]2(C)C([C@H](C)CCCC(C)C)CC[C@@]32C)C1)OC. The van der Waals surface area contributed by atoms with Gasteiger partial charge in [-0.2, -0.15) is 0 Å². The molecule has 8 atom stereocenters. The van der Waals surface area contributed by atoms with Gasteiger partial charge < -0.3 is 14.2 Å². The Hall–Kier alpha value is -0.380. The first kappa shape index (κ1) is 27.6. The average molecular weight is 489 g/mol. The van der Waals surface area contributed by atoms with Gasteiger partial charge in [0, 0.05) is 14.2 Å². The van der Waals surface area contributed by atoms with Crippen LogP contribution in [0.4, 0.5) is 0 Å². The van der Waals surface area contributed by atoms with E-state index in [1.54, 1.807) is 19.8 Å². The molecule has 0 aromatic rings. The molecule has 0 amide bonds. The highest BCUT2D eigenvalue weighted by Gasteiger charge is 2.64. The third-order valence-electron chi connectivity index (χ3n) is 12.1. The second-order valence-electron chi connectivity index (χ2n) is 14.0. The molecule has 4 aliphatic carbocycles. The smallest absolute Gasteiger partial charge is 0.180 e. The second kappa shape index (κ2) is 10.8. The number of rotatable bonds is 10. The van der Waals surface area contributed by atoms with Gasteiger partial charge in [-0.05, 0) is 97.2 Å². The first-order chi connectivity index (χ1) is 16.6. The maximum Gasteiger partial charge on any atom is 0.180 e. The molecule has 0 aliphatic heterocycles. The van der Waals surface area contributed by atoms with Crippen molar-refractivity contribution in [1.29, 1.82) is 0 Å². The van der Waals surface area contributed by atoms with E-state index in [1.165, 1.54) is 64.2 Å². The molecule has 4 rings (SSSR count). The van der Waals surface area contributed by atoms with E-state index in [-0.39, 0.29) is 6.29 Å². The highest BCUT2D eigenvalue weighted by atomic mass is 16.7. The maximum absolute atomic E-state index is 6.26. The molecule has 3 heteroatoms. The number of fused-ring (bicyclic) bond motifs is 5. The number of hydrogen-bond donors (Lipinski definition) is 0. The molecule has 4 aliphatic rings. The fourth-order valence-corrected chi connectivity index (χ4v) is 9.61. The summed E-state index contributed by atoms with van der Waals surface area (Å²) in [5.74, 6) is 4.33. The summed E-state index contributed by atoms with van der Waals surface area (Å²) >= 11 is 0. The van der Waals surface area contributed by atoms with Crippen LogP contribution in [0.3, 0.4) is 0 Å². The first-order valence-corrected chi connectivity index (χ1v) is 15.0. The van der Waals surface area contributed by atoms with Crippen LogP contribution in [0.25, 0.3) is 0 Å². The normalized spacial score (nSPS) is 41.9. The molecule has 0 aromatic carbocycles. The van der Waals surface area contributed by atoms with Gasteiger partial charge in [0.1, 0.15) is 0 Å². The quantitative estimate of drug-likeness (QED) is 0.228. The van der Waals surface area contributed by atoms with Crippen molar-refractivity contribution in [2.45, 2.75) is 125 Å². The molecule has 3 fully saturated rings. The van der Waals surface area contributed by atoms with Gasteiger partial charge in [0.2, 0.25) is 0 Å². The standard InChI is InChI=1S/C32H56O3/c1-22(2)10-9-11-23(3)26-15-18-32(6)28-13-12-24-20-25(35-21-29(33-7)34-8)14-17-30(24,4)27(28)16-19-31(26,32)5/h12,22-23,25-29H,9-11,13-21H2,1-8H3/t23-,25+,26?,27+,28-,30+,31-,32+/m1/s1. The van der Waals surface area contributed by atoms with Gasteiger partial charge in [-0.3, -0.25) is 0 Å². The summed E-state index contributed by atoms with van der Waals surface area (Å²) in [6.45, 7) is 15.9. The fraction of sp³-hybridized carbons (Fsp3) is 0.938. The number of allylic oxidation sites excluding steroid dienone is 1. The van der Waals surface area contributed by atoms with E-state index in [0.29, 0.717) is 29.0 Å².